The van der Waals surface area contributed by atoms with E-state index in [1.54, 1.807) is 30.0 Å². The highest BCUT2D eigenvalue weighted by Crippen LogP contribution is 2.24. The molecule has 1 aliphatic heterocycles. The molecular formula is C24H24F2N6O4. The first-order chi connectivity index (χ1) is 17.1. The first kappa shape index (κ1) is 24.9. The molecule has 0 radical (unpaired) electrons. The molecule has 0 unspecified atom stereocenters. The van der Waals surface area contributed by atoms with Crippen molar-refractivity contribution in [3.05, 3.63) is 65.5 Å². The summed E-state index contributed by atoms with van der Waals surface area (Å²) < 4.78 is 35.6. The number of hydrogen-bond donors (Lipinski definition) is 2. The van der Waals surface area contributed by atoms with Gasteiger partial charge in [-0.1, -0.05) is 17.3 Å². The van der Waals surface area contributed by atoms with Crippen LogP contribution in [0.15, 0.2) is 63.0 Å². The molecule has 1 saturated heterocycles. The Labute approximate surface area is 205 Å². The number of likely N-dealkylation sites (tertiary alicyclic amines) is 1. The molecule has 0 bridgehead atoms. The van der Waals surface area contributed by atoms with Gasteiger partial charge in [-0.2, -0.15) is 13.8 Å². The summed E-state index contributed by atoms with van der Waals surface area (Å²) in [6.07, 6.45) is -3.75. The molecule has 0 atom stereocenters. The van der Waals surface area contributed by atoms with Crippen LogP contribution < -0.4 is 10.5 Å². The standard InChI is InChI=1S/C24H24F2N6O4/c1-14(28-11-15-4-3-5-17(10-15)23(34)32-12-18(33)13-32)29-20(27)22-30-21(31-36-22)16-6-8-19(9-7-16)35-24(2,25)26/h3-10,18,33H,11-13H2,1-2H3,(H2,27,28,29). The molecular weight excluding hydrogens is 474 g/mol. The lowest BCUT2D eigenvalue weighted by Crippen LogP contribution is -2.53. The smallest absolute Gasteiger partial charge is 0.394 e. The fourth-order valence-corrected chi connectivity index (χ4v) is 3.39. The van der Waals surface area contributed by atoms with Crippen molar-refractivity contribution in [3.8, 4) is 17.1 Å². The van der Waals surface area contributed by atoms with Gasteiger partial charge in [0.25, 0.3) is 11.8 Å². The highest BCUT2D eigenvalue weighted by Gasteiger charge is 2.29. The van der Waals surface area contributed by atoms with E-state index >= 15 is 0 Å². The van der Waals surface area contributed by atoms with Crippen molar-refractivity contribution in [1.29, 1.82) is 0 Å². The van der Waals surface area contributed by atoms with Crippen molar-refractivity contribution in [2.75, 3.05) is 13.1 Å². The number of aliphatic hydroxyl groups is 1. The average Bonchev–Trinajstić information content (AvgIpc) is 3.30. The van der Waals surface area contributed by atoms with Gasteiger partial charge in [-0.3, -0.25) is 9.79 Å². The predicted molar refractivity (Wildman–Crippen MR) is 127 cm³/mol. The van der Waals surface area contributed by atoms with Gasteiger partial charge in [0.2, 0.25) is 5.82 Å². The Balaban J connectivity index is 1.39. The molecule has 1 fully saturated rings. The van der Waals surface area contributed by atoms with E-state index in [-0.39, 0.29) is 35.8 Å². The first-order valence-corrected chi connectivity index (χ1v) is 11.0. The molecule has 2 heterocycles. The molecule has 0 saturated carbocycles. The van der Waals surface area contributed by atoms with Gasteiger partial charge in [-0.25, -0.2) is 4.99 Å². The van der Waals surface area contributed by atoms with Crippen LogP contribution in [0, 0.1) is 0 Å². The Bertz CT molecular complexity index is 1290. The van der Waals surface area contributed by atoms with Crippen LogP contribution in [0.4, 0.5) is 8.78 Å². The van der Waals surface area contributed by atoms with Crippen LogP contribution in [-0.2, 0) is 6.54 Å². The number of aliphatic hydroxyl groups excluding tert-OH is 1. The molecule has 4 rings (SSSR count). The normalized spacial score (nSPS) is 15.1. The Hall–Kier alpha value is -4.19. The maximum atomic E-state index is 13.0. The van der Waals surface area contributed by atoms with Crippen LogP contribution in [0.1, 0.15) is 35.7 Å². The van der Waals surface area contributed by atoms with E-state index < -0.39 is 12.2 Å². The summed E-state index contributed by atoms with van der Waals surface area (Å²) in [6.45, 7) is 3.25. The van der Waals surface area contributed by atoms with Crippen molar-refractivity contribution in [2.45, 2.75) is 32.6 Å². The van der Waals surface area contributed by atoms with Crippen molar-refractivity contribution < 1.29 is 27.9 Å². The van der Waals surface area contributed by atoms with Crippen molar-refractivity contribution in [3.63, 3.8) is 0 Å². The minimum absolute atomic E-state index is 0.00266. The summed E-state index contributed by atoms with van der Waals surface area (Å²) >= 11 is 0. The molecule has 1 aromatic heterocycles. The topological polar surface area (TPSA) is 139 Å². The van der Waals surface area contributed by atoms with Gasteiger partial charge in [-0.15, -0.1) is 0 Å². The number of alkyl halides is 2. The third-order valence-electron chi connectivity index (χ3n) is 5.15. The zero-order valence-electron chi connectivity index (χ0n) is 19.6. The Morgan fingerprint density at radius 3 is 2.67 bits per heavy atom. The maximum Gasteiger partial charge on any atom is 0.394 e. The summed E-state index contributed by atoms with van der Waals surface area (Å²) in [5.74, 6) is 0.352. The van der Waals surface area contributed by atoms with E-state index in [9.17, 15) is 18.7 Å². The second kappa shape index (κ2) is 10.2. The van der Waals surface area contributed by atoms with Gasteiger partial charge in [0, 0.05) is 31.1 Å². The Morgan fingerprint density at radius 1 is 1.28 bits per heavy atom. The number of nitrogens with two attached hydrogens (primary N) is 1. The van der Waals surface area contributed by atoms with Crippen molar-refractivity contribution in [1.82, 2.24) is 15.0 Å². The molecule has 0 spiro atoms. The molecule has 36 heavy (non-hydrogen) atoms. The van der Waals surface area contributed by atoms with Crippen LogP contribution in [0.3, 0.4) is 0 Å². The number of aliphatic imine (C=N–C) groups is 2. The van der Waals surface area contributed by atoms with E-state index in [1.165, 1.54) is 24.3 Å². The van der Waals surface area contributed by atoms with Gasteiger partial charge < -0.3 is 25.0 Å². The number of carbonyl (C=O) groups is 1. The van der Waals surface area contributed by atoms with Crippen LogP contribution in [0.5, 0.6) is 5.75 Å². The number of carbonyl (C=O) groups excluding carboxylic acids is 1. The van der Waals surface area contributed by atoms with Crippen molar-refractivity contribution in [2.24, 2.45) is 15.7 Å². The summed E-state index contributed by atoms with van der Waals surface area (Å²) in [6, 6.07) is 12.8. The zero-order valence-corrected chi connectivity index (χ0v) is 19.6. The number of ether oxygens (including phenoxy) is 1. The lowest BCUT2D eigenvalue weighted by Gasteiger charge is -2.35. The molecule has 1 aliphatic rings. The summed E-state index contributed by atoms with van der Waals surface area (Å²) in [5, 5.41) is 13.2. The molecule has 3 N–H and O–H groups in total. The number of aromatic nitrogens is 2. The summed E-state index contributed by atoms with van der Waals surface area (Å²) in [4.78, 5) is 26.7. The van der Waals surface area contributed by atoms with E-state index in [0.717, 1.165) is 5.56 Å². The summed E-state index contributed by atoms with van der Waals surface area (Å²) in [5.41, 5.74) is 7.82. The van der Waals surface area contributed by atoms with Crippen LogP contribution >= 0.6 is 0 Å². The van der Waals surface area contributed by atoms with Gasteiger partial charge in [0.15, 0.2) is 5.84 Å². The van der Waals surface area contributed by atoms with Gasteiger partial charge in [0.05, 0.1) is 12.6 Å². The third-order valence-corrected chi connectivity index (χ3v) is 5.15. The number of rotatable bonds is 7. The largest absolute Gasteiger partial charge is 0.433 e. The number of hydrogen-bond acceptors (Lipinski definition) is 7. The monoisotopic (exact) mass is 498 g/mol. The second-order valence-corrected chi connectivity index (χ2v) is 8.28. The average molecular weight is 498 g/mol. The van der Waals surface area contributed by atoms with Crippen LogP contribution in [-0.4, -0.2) is 63.0 Å². The minimum atomic E-state index is -3.29. The van der Waals surface area contributed by atoms with Gasteiger partial charge in [0.1, 0.15) is 11.6 Å². The molecule has 0 aliphatic carbocycles. The van der Waals surface area contributed by atoms with Crippen molar-refractivity contribution >= 4 is 17.6 Å². The molecule has 1 amide bonds. The number of β-amino-alcohol motifs (C(OH)–C–C–N with tert-alkyl or cyclic N) is 1. The lowest BCUT2D eigenvalue weighted by atomic mass is 10.1. The first-order valence-electron chi connectivity index (χ1n) is 11.0. The molecule has 10 nitrogen and oxygen atoms in total. The summed E-state index contributed by atoms with van der Waals surface area (Å²) in [7, 11) is 0. The van der Waals surface area contributed by atoms with Crippen LogP contribution in [0.2, 0.25) is 0 Å². The van der Waals surface area contributed by atoms with E-state index in [4.69, 9.17) is 10.3 Å². The molecule has 2 aromatic carbocycles. The second-order valence-electron chi connectivity index (χ2n) is 8.28. The fourth-order valence-electron chi connectivity index (χ4n) is 3.39. The fraction of sp³-hybridized carbons (Fsp3) is 0.292. The lowest BCUT2D eigenvalue weighted by molar-refractivity contribution is -0.158. The number of halogens is 2. The Kier molecular flexibility index (Phi) is 7.06. The number of amidine groups is 2. The minimum Gasteiger partial charge on any atom is -0.433 e. The number of benzene rings is 2. The van der Waals surface area contributed by atoms with Gasteiger partial charge in [-0.05, 0) is 48.9 Å². The SMILES string of the molecule is CC(=NCc1cccc(C(=O)N2CC(O)C2)c1)N=C(N)c1nc(-c2ccc(OC(C)(F)F)cc2)no1. The number of amides is 1. The Morgan fingerprint density at radius 2 is 2.00 bits per heavy atom. The zero-order chi connectivity index (χ0) is 25.9. The number of nitrogens with zero attached hydrogens (tertiary/aromatic N) is 5. The highest BCUT2D eigenvalue weighted by molar-refractivity contribution is 6.02. The van der Waals surface area contributed by atoms with E-state index in [2.05, 4.69) is 24.9 Å². The molecule has 12 heteroatoms. The van der Waals surface area contributed by atoms with E-state index in [1.807, 2.05) is 6.07 Å². The predicted octanol–water partition coefficient (Wildman–Crippen LogP) is 2.87. The third kappa shape index (κ3) is 6.27. The quantitative estimate of drug-likeness (QED) is 0.377. The molecule has 188 valence electrons. The van der Waals surface area contributed by atoms with Gasteiger partial charge >= 0.3 is 6.11 Å². The van der Waals surface area contributed by atoms with Crippen LogP contribution in [0.25, 0.3) is 11.4 Å². The maximum absolute atomic E-state index is 13.0. The highest BCUT2D eigenvalue weighted by atomic mass is 19.3. The molecule has 3 aromatic rings. The van der Waals surface area contributed by atoms with E-state index in [0.29, 0.717) is 37.0 Å².